The minimum absolute atomic E-state index is 0.0944. The number of halogens is 2. The van der Waals surface area contributed by atoms with E-state index in [4.69, 9.17) is 5.11 Å². The third kappa shape index (κ3) is 6.50. The second kappa shape index (κ2) is 10.8. The van der Waals surface area contributed by atoms with Gasteiger partial charge in [-0.05, 0) is 62.1 Å². The number of rotatable bonds is 11. The highest BCUT2D eigenvalue weighted by Gasteiger charge is 2.41. The molecule has 0 aromatic heterocycles. The van der Waals surface area contributed by atoms with Crippen molar-refractivity contribution in [2.75, 3.05) is 0 Å². The Morgan fingerprint density at radius 1 is 1.04 bits per heavy atom. The molecule has 1 fully saturated rings. The molecule has 5 atom stereocenters. The van der Waals surface area contributed by atoms with E-state index in [2.05, 4.69) is 0 Å². The number of aliphatic carboxylic acids is 1. The molecule has 0 spiro atoms. The summed E-state index contributed by atoms with van der Waals surface area (Å²) in [5, 5.41) is 39.4. The fourth-order valence-electron chi connectivity index (χ4n) is 4.27. The van der Waals surface area contributed by atoms with Crippen molar-refractivity contribution in [3.63, 3.8) is 0 Å². The van der Waals surface area contributed by atoms with Gasteiger partial charge in [0.1, 0.15) is 11.6 Å². The van der Waals surface area contributed by atoms with Gasteiger partial charge in [-0.25, -0.2) is 8.78 Å². The van der Waals surface area contributed by atoms with Crippen LogP contribution < -0.4 is 0 Å². The first-order valence-corrected chi connectivity index (χ1v) is 10.0. The zero-order valence-electron chi connectivity index (χ0n) is 15.9. The summed E-state index contributed by atoms with van der Waals surface area (Å²) in [6.07, 6.45) is 2.35. The molecular weight excluding hydrogens is 370 g/mol. The van der Waals surface area contributed by atoms with E-state index in [9.17, 15) is 28.9 Å². The summed E-state index contributed by atoms with van der Waals surface area (Å²) in [6, 6.07) is 2.96. The molecule has 158 valence electrons. The molecule has 1 aliphatic carbocycles. The summed E-state index contributed by atoms with van der Waals surface area (Å²) < 4.78 is 27.1. The van der Waals surface area contributed by atoms with Gasteiger partial charge in [-0.3, -0.25) is 4.79 Å². The van der Waals surface area contributed by atoms with Crippen LogP contribution in [0.2, 0.25) is 0 Å². The molecule has 28 heavy (non-hydrogen) atoms. The lowest BCUT2D eigenvalue weighted by molar-refractivity contribution is -0.137. The molecule has 4 N–H and O–H groups in total. The Hall–Kier alpha value is -1.57. The van der Waals surface area contributed by atoms with Crippen LogP contribution in [-0.2, 0) is 4.79 Å². The van der Waals surface area contributed by atoms with Crippen molar-refractivity contribution in [3.05, 3.63) is 35.4 Å². The lowest BCUT2D eigenvalue weighted by Gasteiger charge is -2.25. The molecule has 0 saturated heterocycles. The van der Waals surface area contributed by atoms with E-state index < -0.39 is 35.9 Å². The quantitative estimate of drug-likeness (QED) is 0.426. The van der Waals surface area contributed by atoms with E-state index >= 15 is 0 Å². The maximum absolute atomic E-state index is 13.8. The van der Waals surface area contributed by atoms with E-state index in [1.807, 2.05) is 0 Å². The lowest BCUT2D eigenvalue weighted by atomic mass is 9.84. The molecule has 1 aromatic carbocycles. The van der Waals surface area contributed by atoms with Crippen molar-refractivity contribution in [1.82, 2.24) is 0 Å². The van der Waals surface area contributed by atoms with E-state index in [1.165, 1.54) is 0 Å². The molecule has 1 saturated carbocycles. The van der Waals surface area contributed by atoms with Crippen LogP contribution in [-0.4, -0.2) is 38.6 Å². The van der Waals surface area contributed by atoms with E-state index in [0.717, 1.165) is 37.5 Å². The molecule has 0 heterocycles. The second-order valence-electron chi connectivity index (χ2n) is 7.80. The Labute approximate surface area is 164 Å². The number of unbranched alkanes of at least 4 members (excludes halogenated alkanes) is 3. The normalized spacial score (nSPS) is 25.8. The second-order valence-corrected chi connectivity index (χ2v) is 7.80. The van der Waals surface area contributed by atoms with Crippen LogP contribution in [0, 0.1) is 23.5 Å². The first-order valence-electron chi connectivity index (χ1n) is 10.0. The minimum atomic E-state index is -1.17. The maximum atomic E-state index is 13.8. The Bertz CT molecular complexity index is 639. The largest absolute Gasteiger partial charge is 0.481 e. The summed E-state index contributed by atoms with van der Waals surface area (Å²) in [6.45, 7) is 0. The van der Waals surface area contributed by atoms with Crippen LogP contribution in [0.25, 0.3) is 0 Å². The number of carboxylic acid groups (broad SMARTS) is 1. The van der Waals surface area contributed by atoms with Crippen molar-refractivity contribution in [3.8, 4) is 0 Å². The molecule has 7 heteroatoms. The van der Waals surface area contributed by atoms with Crippen molar-refractivity contribution in [1.29, 1.82) is 0 Å². The fourth-order valence-corrected chi connectivity index (χ4v) is 4.27. The van der Waals surface area contributed by atoms with Crippen LogP contribution in [0.3, 0.4) is 0 Å². The van der Waals surface area contributed by atoms with Gasteiger partial charge in [0.05, 0.1) is 18.3 Å². The Morgan fingerprint density at radius 3 is 2.36 bits per heavy atom. The van der Waals surface area contributed by atoms with Crippen LogP contribution in [0.1, 0.15) is 69.5 Å². The summed E-state index contributed by atoms with van der Waals surface area (Å²) >= 11 is 0. The van der Waals surface area contributed by atoms with Crippen molar-refractivity contribution < 1.29 is 34.0 Å². The fraction of sp³-hybridized carbons (Fsp3) is 0.667. The number of hydrogen-bond donors (Lipinski definition) is 4. The molecule has 1 aromatic rings. The number of aliphatic hydroxyl groups excluding tert-OH is 3. The smallest absolute Gasteiger partial charge is 0.303 e. The van der Waals surface area contributed by atoms with Gasteiger partial charge in [0.15, 0.2) is 0 Å². The number of hydrogen-bond acceptors (Lipinski definition) is 4. The zero-order chi connectivity index (χ0) is 20.7. The maximum Gasteiger partial charge on any atom is 0.303 e. The minimum Gasteiger partial charge on any atom is -0.481 e. The average Bonchev–Trinajstić information content (AvgIpc) is 2.90. The van der Waals surface area contributed by atoms with Crippen LogP contribution in [0.5, 0.6) is 0 Å². The third-order valence-corrected chi connectivity index (χ3v) is 5.79. The standard InChI is InChI=1S/C21H30F2O5/c22-13-7-9-17(23)16(11-13)18(24)10-8-15-14(19(25)12-20(15)26)5-3-1-2-4-6-21(27)28/h7,9,11,14-15,18-20,24-26H,1-6,8,10,12H2,(H,27,28)/t14-,15?,18?,19+,20-/m1/s1. The highest BCUT2D eigenvalue weighted by Crippen LogP contribution is 2.40. The Morgan fingerprint density at radius 2 is 1.68 bits per heavy atom. The summed E-state index contributed by atoms with van der Waals surface area (Å²) in [5.74, 6) is -2.41. The monoisotopic (exact) mass is 400 g/mol. The first-order chi connectivity index (χ1) is 13.3. The Balaban J connectivity index is 1.84. The van der Waals surface area contributed by atoms with Gasteiger partial charge in [0.25, 0.3) is 0 Å². The number of aliphatic hydroxyl groups is 3. The van der Waals surface area contributed by atoms with Crippen LogP contribution in [0.15, 0.2) is 18.2 Å². The van der Waals surface area contributed by atoms with Gasteiger partial charge >= 0.3 is 5.97 Å². The zero-order valence-corrected chi connectivity index (χ0v) is 15.9. The molecular formula is C21H30F2O5. The van der Waals surface area contributed by atoms with Gasteiger partial charge in [-0.1, -0.05) is 19.3 Å². The van der Waals surface area contributed by atoms with Gasteiger partial charge < -0.3 is 20.4 Å². The molecule has 1 aliphatic rings. The predicted octanol–water partition coefficient (Wildman–Crippen LogP) is 3.56. The predicted molar refractivity (Wildman–Crippen MR) is 99.5 cm³/mol. The van der Waals surface area contributed by atoms with Crippen molar-refractivity contribution in [2.24, 2.45) is 11.8 Å². The number of benzene rings is 1. The van der Waals surface area contributed by atoms with Crippen molar-refractivity contribution in [2.45, 2.75) is 76.1 Å². The topological polar surface area (TPSA) is 98.0 Å². The van der Waals surface area contributed by atoms with Gasteiger partial charge in [-0.2, -0.15) is 0 Å². The van der Waals surface area contributed by atoms with Crippen LogP contribution >= 0.6 is 0 Å². The number of carbonyl (C=O) groups is 1. The highest BCUT2D eigenvalue weighted by molar-refractivity contribution is 5.66. The molecule has 0 radical (unpaired) electrons. The lowest BCUT2D eigenvalue weighted by Crippen LogP contribution is -2.23. The van der Waals surface area contributed by atoms with E-state index in [-0.39, 0.29) is 36.7 Å². The highest BCUT2D eigenvalue weighted by atomic mass is 19.1. The summed E-state index contributed by atoms with van der Waals surface area (Å²) in [5.41, 5.74) is -0.0944. The molecule has 0 amide bonds. The third-order valence-electron chi connectivity index (χ3n) is 5.79. The van der Waals surface area contributed by atoms with E-state index in [0.29, 0.717) is 19.3 Å². The van der Waals surface area contributed by atoms with Crippen molar-refractivity contribution >= 4 is 5.97 Å². The van der Waals surface area contributed by atoms with E-state index in [1.54, 1.807) is 0 Å². The number of carboxylic acids is 1. The summed E-state index contributed by atoms with van der Waals surface area (Å²) in [7, 11) is 0. The van der Waals surface area contributed by atoms with Crippen LogP contribution in [0.4, 0.5) is 8.78 Å². The average molecular weight is 400 g/mol. The van der Waals surface area contributed by atoms with Gasteiger partial charge in [-0.15, -0.1) is 0 Å². The Kier molecular flexibility index (Phi) is 8.79. The first kappa shape index (κ1) is 22.7. The van der Waals surface area contributed by atoms with Gasteiger partial charge in [0.2, 0.25) is 0 Å². The molecule has 0 aliphatic heterocycles. The molecule has 2 unspecified atom stereocenters. The van der Waals surface area contributed by atoms with Gasteiger partial charge in [0, 0.05) is 12.0 Å². The molecule has 2 rings (SSSR count). The molecule has 0 bridgehead atoms. The molecule has 5 nitrogen and oxygen atoms in total. The SMILES string of the molecule is O=C(O)CCCCCC[C@@H]1C(CCC(O)c2cc(F)ccc2F)[C@H](O)C[C@@H]1O. The summed E-state index contributed by atoms with van der Waals surface area (Å²) in [4.78, 5) is 10.5.